The Morgan fingerprint density at radius 1 is 1.03 bits per heavy atom. The third-order valence-corrected chi connectivity index (χ3v) is 5.56. The zero-order chi connectivity index (χ0) is 20.9. The van der Waals surface area contributed by atoms with Gasteiger partial charge in [0.05, 0.1) is 12.1 Å². The topological polar surface area (TPSA) is 58.1 Å². The van der Waals surface area contributed by atoms with Crippen molar-refractivity contribution >= 4 is 22.6 Å². The van der Waals surface area contributed by atoms with E-state index in [1.807, 2.05) is 11.0 Å². The molecule has 156 valence electrons. The number of nitrogens with one attached hydrogen (secondary N) is 1. The molecular formula is C23H24F2N4O. The Balaban J connectivity index is 1.35. The van der Waals surface area contributed by atoms with Crippen LogP contribution in [0.25, 0.3) is 10.9 Å². The van der Waals surface area contributed by atoms with E-state index in [4.69, 9.17) is 0 Å². The van der Waals surface area contributed by atoms with Crippen LogP contribution >= 0.6 is 0 Å². The number of carbonyl (C=O) groups is 1. The molecule has 1 saturated heterocycles. The van der Waals surface area contributed by atoms with Crippen LogP contribution in [0.5, 0.6) is 0 Å². The highest BCUT2D eigenvalue weighted by atomic mass is 19.3. The van der Waals surface area contributed by atoms with Crippen LogP contribution in [-0.2, 0) is 11.2 Å². The number of rotatable bonds is 6. The summed E-state index contributed by atoms with van der Waals surface area (Å²) >= 11 is 0. The van der Waals surface area contributed by atoms with E-state index in [9.17, 15) is 13.6 Å². The molecule has 2 aromatic carbocycles. The maximum Gasteiger partial charge on any atom is 0.297 e. The van der Waals surface area contributed by atoms with E-state index in [-0.39, 0.29) is 18.3 Å². The van der Waals surface area contributed by atoms with Crippen LogP contribution in [0.1, 0.15) is 30.7 Å². The molecule has 0 radical (unpaired) electrons. The van der Waals surface area contributed by atoms with Gasteiger partial charge < -0.3 is 10.2 Å². The lowest BCUT2D eigenvalue weighted by molar-refractivity contribution is -0.130. The molecule has 0 saturated carbocycles. The molecule has 4 rings (SSSR count). The van der Waals surface area contributed by atoms with Crippen molar-refractivity contribution in [1.82, 2.24) is 14.9 Å². The van der Waals surface area contributed by atoms with Crippen LogP contribution in [0.3, 0.4) is 0 Å². The number of nitrogens with zero attached hydrogens (tertiary/aromatic N) is 3. The number of anilines is 1. The lowest BCUT2D eigenvalue weighted by Crippen LogP contribution is -2.41. The fraction of sp³-hybridized carbons (Fsp3) is 0.348. The molecule has 0 spiro atoms. The van der Waals surface area contributed by atoms with Crippen molar-refractivity contribution in [3.8, 4) is 0 Å². The molecule has 1 aromatic heterocycles. The van der Waals surface area contributed by atoms with Crippen molar-refractivity contribution < 1.29 is 13.6 Å². The first-order valence-electron chi connectivity index (χ1n) is 10.2. The molecular weight excluding hydrogens is 386 g/mol. The summed E-state index contributed by atoms with van der Waals surface area (Å²) < 4.78 is 26.3. The van der Waals surface area contributed by atoms with Gasteiger partial charge in [-0.3, -0.25) is 4.79 Å². The third-order valence-electron chi connectivity index (χ3n) is 5.56. The SMILES string of the molecule is O=C(CNc1nc(C(F)F)nc2ccccc12)N1CCC(Cc2ccccc2)CC1. The van der Waals surface area contributed by atoms with Crippen molar-refractivity contribution in [2.24, 2.45) is 5.92 Å². The molecule has 1 amide bonds. The first-order valence-corrected chi connectivity index (χ1v) is 10.2. The summed E-state index contributed by atoms with van der Waals surface area (Å²) in [5.74, 6) is 0.256. The molecule has 1 aliphatic rings. The number of alkyl halides is 2. The van der Waals surface area contributed by atoms with Crippen LogP contribution in [0.15, 0.2) is 54.6 Å². The molecule has 3 aromatic rings. The standard InChI is InChI=1S/C23H24F2N4O/c24-21(25)23-27-19-9-5-4-8-18(19)22(28-23)26-15-20(30)29-12-10-17(11-13-29)14-16-6-2-1-3-7-16/h1-9,17,21H,10-15H2,(H,26,27,28). The quantitative estimate of drug-likeness (QED) is 0.652. The molecule has 1 N–H and O–H groups in total. The Bertz CT molecular complexity index is 1000. The van der Waals surface area contributed by atoms with Gasteiger partial charge >= 0.3 is 0 Å². The summed E-state index contributed by atoms with van der Waals surface area (Å²) in [7, 11) is 0. The Morgan fingerprint density at radius 2 is 1.73 bits per heavy atom. The Kier molecular flexibility index (Phi) is 6.16. The molecule has 0 bridgehead atoms. The molecule has 1 fully saturated rings. The lowest BCUT2D eigenvalue weighted by Gasteiger charge is -2.32. The maximum absolute atomic E-state index is 13.1. The van der Waals surface area contributed by atoms with Crippen molar-refractivity contribution in [3.05, 3.63) is 66.0 Å². The summed E-state index contributed by atoms with van der Waals surface area (Å²) in [5, 5.41) is 3.58. The minimum absolute atomic E-state index is 0.0209. The zero-order valence-electron chi connectivity index (χ0n) is 16.6. The predicted molar refractivity (Wildman–Crippen MR) is 112 cm³/mol. The van der Waals surface area contributed by atoms with E-state index in [0.717, 1.165) is 19.3 Å². The van der Waals surface area contributed by atoms with E-state index >= 15 is 0 Å². The molecule has 0 aliphatic carbocycles. The highest BCUT2D eigenvalue weighted by molar-refractivity contribution is 5.91. The van der Waals surface area contributed by atoms with Crippen molar-refractivity contribution in [2.45, 2.75) is 25.7 Å². The van der Waals surface area contributed by atoms with Gasteiger partial charge in [-0.25, -0.2) is 18.7 Å². The maximum atomic E-state index is 13.1. The number of hydrogen-bond acceptors (Lipinski definition) is 4. The number of para-hydroxylation sites is 1. The van der Waals surface area contributed by atoms with Gasteiger partial charge in [-0.05, 0) is 42.9 Å². The largest absolute Gasteiger partial charge is 0.360 e. The minimum Gasteiger partial charge on any atom is -0.360 e. The summed E-state index contributed by atoms with van der Waals surface area (Å²) in [4.78, 5) is 22.3. The van der Waals surface area contributed by atoms with Gasteiger partial charge in [0.25, 0.3) is 6.43 Å². The Labute approximate surface area is 174 Å². The van der Waals surface area contributed by atoms with E-state index in [1.165, 1.54) is 5.56 Å². The second kappa shape index (κ2) is 9.15. The zero-order valence-corrected chi connectivity index (χ0v) is 16.6. The molecule has 2 heterocycles. The Morgan fingerprint density at radius 3 is 2.47 bits per heavy atom. The lowest BCUT2D eigenvalue weighted by atomic mass is 9.90. The Hall–Kier alpha value is -3.09. The number of piperidine rings is 1. The summed E-state index contributed by atoms with van der Waals surface area (Å²) in [6.07, 6.45) is 0.193. The number of likely N-dealkylation sites (tertiary alicyclic amines) is 1. The van der Waals surface area contributed by atoms with Gasteiger partial charge in [-0.1, -0.05) is 42.5 Å². The van der Waals surface area contributed by atoms with Crippen LogP contribution < -0.4 is 5.32 Å². The first-order chi connectivity index (χ1) is 14.6. The van der Waals surface area contributed by atoms with Crippen molar-refractivity contribution in [1.29, 1.82) is 0 Å². The fourth-order valence-electron chi connectivity index (χ4n) is 3.93. The van der Waals surface area contributed by atoms with Gasteiger partial charge in [-0.15, -0.1) is 0 Å². The molecule has 1 aliphatic heterocycles. The van der Waals surface area contributed by atoms with Crippen molar-refractivity contribution in [3.63, 3.8) is 0 Å². The smallest absolute Gasteiger partial charge is 0.297 e. The summed E-state index contributed by atoms with van der Waals surface area (Å²) in [6.45, 7) is 1.45. The van der Waals surface area contributed by atoms with Gasteiger partial charge in [0, 0.05) is 18.5 Å². The van der Waals surface area contributed by atoms with Gasteiger partial charge in [0.2, 0.25) is 5.91 Å². The van der Waals surface area contributed by atoms with Crippen LogP contribution in [0, 0.1) is 5.92 Å². The number of amides is 1. The highest BCUT2D eigenvalue weighted by Crippen LogP contribution is 2.25. The van der Waals surface area contributed by atoms with Gasteiger partial charge in [0.15, 0.2) is 5.82 Å². The monoisotopic (exact) mass is 410 g/mol. The number of aromatic nitrogens is 2. The third kappa shape index (κ3) is 4.72. The summed E-state index contributed by atoms with van der Waals surface area (Å²) in [6, 6.07) is 17.3. The van der Waals surface area contributed by atoms with Crippen molar-refractivity contribution in [2.75, 3.05) is 25.0 Å². The van der Waals surface area contributed by atoms with Crippen LogP contribution in [-0.4, -0.2) is 40.4 Å². The number of fused-ring (bicyclic) bond motifs is 1. The number of benzene rings is 2. The molecule has 7 heteroatoms. The number of carbonyl (C=O) groups excluding carboxylic acids is 1. The average molecular weight is 410 g/mol. The molecule has 0 unspecified atom stereocenters. The summed E-state index contributed by atoms with van der Waals surface area (Å²) in [5.41, 5.74) is 1.76. The van der Waals surface area contributed by atoms with E-state index in [1.54, 1.807) is 24.3 Å². The first kappa shape index (κ1) is 20.2. The highest BCUT2D eigenvalue weighted by Gasteiger charge is 2.23. The van der Waals surface area contributed by atoms with Gasteiger partial charge in [-0.2, -0.15) is 0 Å². The van der Waals surface area contributed by atoms with E-state index in [0.29, 0.717) is 29.9 Å². The van der Waals surface area contributed by atoms with E-state index in [2.05, 4.69) is 39.6 Å². The minimum atomic E-state index is -2.77. The predicted octanol–water partition coefficient (Wildman–Crippen LogP) is 4.46. The molecule has 0 atom stereocenters. The number of hydrogen-bond donors (Lipinski definition) is 1. The molecule has 5 nitrogen and oxygen atoms in total. The van der Waals surface area contributed by atoms with Crippen LogP contribution in [0.4, 0.5) is 14.6 Å². The second-order valence-electron chi connectivity index (χ2n) is 7.62. The average Bonchev–Trinajstić information content (AvgIpc) is 2.78. The van der Waals surface area contributed by atoms with Crippen LogP contribution in [0.2, 0.25) is 0 Å². The second-order valence-corrected chi connectivity index (χ2v) is 7.62. The van der Waals surface area contributed by atoms with E-state index < -0.39 is 12.2 Å². The normalized spacial score (nSPS) is 15.0. The fourth-order valence-corrected chi connectivity index (χ4v) is 3.93. The number of halogens is 2. The van der Waals surface area contributed by atoms with Gasteiger partial charge in [0.1, 0.15) is 5.82 Å². The molecule has 30 heavy (non-hydrogen) atoms.